The van der Waals surface area contributed by atoms with Gasteiger partial charge in [-0.1, -0.05) is 0 Å². The highest BCUT2D eigenvalue weighted by atomic mass is 16.3. The van der Waals surface area contributed by atoms with Crippen LogP contribution in [0.4, 0.5) is 0 Å². The van der Waals surface area contributed by atoms with Crippen LogP contribution in [0.3, 0.4) is 0 Å². The molecule has 6 nitrogen and oxygen atoms in total. The van der Waals surface area contributed by atoms with Gasteiger partial charge in [0.05, 0.1) is 12.6 Å². The van der Waals surface area contributed by atoms with Crippen molar-refractivity contribution in [3.8, 4) is 0 Å². The van der Waals surface area contributed by atoms with E-state index >= 15 is 0 Å². The average Bonchev–Trinajstić information content (AvgIpc) is 2.82. The van der Waals surface area contributed by atoms with Crippen LogP contribution in [0.1, 0.15) is 11.5 Å². The van der Waals surface area contributed by atoms with E-state index in [1.165, 1.54) is 6.26 Å². The molecule has 0 bridgehead atoms. The first kappa shape index (κ1) is 11.3. The first-order chi connectivity index (χ1) is 8.28. The summed E-state index contributed by atoms with van der Waals surface area (Å²) >= 11 is 0. The van der Waals surface area contributed by atoms with Gasteiger partial charge in [0.25, 0.3) is 5.89 Å². The van der Waals surface area contributed by atoms with Crippen molar-refractivity contribution in [1.82, 2.24) is 10.4 Å². The lowest BCUT2D eigenvalue weighted by Crippen LogP contribution is -2.36. The number of hydrogen-bond donors (Lipinski definition) is 2. The Labute approximate surface area is 98.0 Å². The fraction of sp³-hybridized carbons (Fsp3) is 0.182. The molecular formula is C11H13N4O2+. The molecule has 0 unspecified atom stereocenters. The van der Waals surface area contributed by atoms with Crippen LogP contribution < -0.4 is 15.8 Å². The largest absolute Gasteiger partial charge is 0.443 e. The molecular weight excluding hydrogens is 220 g/mol. The van der Waals surface area contributed by atoms with E-state index in [9.17, 15) is 4.79 Å². The number of nitrogens with one attached hydrogen (secondary N) is 1. The van der Waals surface area contributed by atoms with Crippen LogP contribution in [-0.2, 0) is 17.8 Å². The average molecular weight is 233 g/mol. The standard InChI is InChI=1S/C11H12N4O2/c12-14-10(16)6-9-2-1-4-15(7-9)8-11-13-3-5-17-11/h1-5,7H,6,8,12H2/p+1. The van der Waals surface area contributed by atoms with Crippen LogP contribution in [0.5, 0.6) is 0 Å². The number of carbonyl (C=O) groups is 1. The van der Waals surface area contributed by atoms with E-state index < -0.39 is 0 Å². The van der Waals surface area contributed by atoms with Crippen LogP contribution in [0.2, 0.25) is 0 Å². The van der Waals surface area contributed by atoms with E-state index in [-0.39, 0.29) is 12.3 Å². The smallest absolute Gasteiger partial charge is 0.261 e. The maximum absolute atomic E-state index is 11.1. The third kappa shape index (κ3) is 3.12. The zero-order valence-electron chi connectivity index (χ0n) is 9.17. The van der Waals surface area contributed by atoms with Gasteiger partial charge in [-0.25, -0.2) is 10.8 Å². The molecule has 2 rings (SSSR count). The van der Waals surface area contributed by atoms with E-state index in [0.717, 1.165) is 5.56 Å². The number of hydrazine groups is 1. The number of carbonyl (C=O) groups excluding carboxylic acids is 1. The van der Waals surface area contributed by atoms with Crippen molar-refractivity contribution < 1.29 is 13.8 Å². The minimum atomic E-state index is -0.223. The van der Waals surface area contributed by atoms with Gasteiger partial charge in [-0.05, 0) is 6.07 Å². The summed E-state index contributed by atoms with van der Waals surface area (Å²) < 4.78 is 7.04. The van der Waals surface area contributed by atoms with Gasteiger partial charge in [0.1, 0.15) is 6.26 Å². The Bertz CT molecular complexity index is 496. The monoisotopic (exact) mass is 233 g/mol. The van der Waals surface area contributed by atoms with Crippen LogP contribution in [0.25, 0.3) is 0 Å². The fourth-order valence-electron chi connectivity index (χ4n) is 1.50. The van der Waals surface area contributed by atoms with Crippen molar-refractivity contribution in [3.63, 3.8) is 0 Å². The number of nitrogens with two attached hydrogens (primary N) is 1. The number of oxazole rings is 1. The molecule has 0 atom stereocenters. The molecule has 3 N–H and O–H groups in total. The molecule has 0 aliphatic carbocycles. The Morgan fingerprint density at radius 2 is 2.47 bits per heavy atom. The zero-order valence-corrected chi connectivity index (χ0v) is 9.17. The van der Waals surface area contributed by atoms with Crippen LogP contribution in [0, 0.1) is 0 Å². The summed E-state index contributed by atoms with van der Waals surface area (Å²) in [6.45, 7) is 0.533. The van der Waals surface area contributed by atoms with Crippen LogP contribution in [0.15, 0.2) is 41.4 Å². The highest BCUT2D eigenvalue weighted by Crippen LogP contribution is 1.98. The molecule has 2 heterocycles. The number of nitrogens with zero attached hydrogens (tertiary/aromatic N) is 2. The van der Waals surface area contributed by atoms with Gasteiger partial charge in [0.15, 0.2) is 12.4 Å². The molecule has 2 aromatic heterocycles. The van der Waals surface area contributed by atoms with Crippen molar-refractivity contribution in [2.75, 3.05) is 0 Å². The molecule has 0 saturated carbocycles. The molecule has 0 radical (unpaired) electrons. The lowest BCUT2D eigenvalue weighted by molar-refractivity contribution is -0.690. The van der Waals surface area contributed by atoms with Crippen molar-refractivity contribution in [1.29, 1.82) is 0 Å². The fourth-order valence-corrected chi connectivity index (χ4v) is 1.50. The van der Waals surface area contributed by atoms with Gasteiger partial charge < -0.3 is 4.42 Å². The second-order valence-corrected chi connectivity index (χ2v) is 3.55. The summed E-state index contributed by atoms with van der Waals surface area (Å²) in [7, 11) is 0. The molecule has 0 fully saturated rings. The van der Waals surface area contributed by atoms with E-state index in [0.29, 0.717) is 12.4 Å². The van der Waals surface area contributed by atoms with Crippen LogP contribution in [-0.4, -0.2) is 10.9 Å². The summed E-state index contributed by atoms with van der Waals surface area (Å²) in [5.74, 6) is 5.43. The molecule has 0 aliphatic rings. The third-order valence-electron chi connectivity index (χ3n) is 2.25. The second-order valence-electron chi connectivity index (χ2n) is 3.55. The zero-order chi connectivity index (χ0) is 12.1. The summed E-state index contributed by atoms with van der Waals surface area (Å²) in [5.41, 5.74) is 2.98. The van der Waals surface area contributed by atoms with Crippen molar-refractivity contribution in [3.05, 3.63) is 48.4 Å². The van der Waals surface area contributed by atoms with Gasteiger partial charge in [-0.3, -0.25) is 10.2 Å². The summed E-state index contributed by atoms with van der Waals surface area (Å²) in [4.78, 5) is 15.2. The maximum Gasteiger partial charge on any atom is 0.261 e. The number of aromatic nitrogens is 2. The molecule has 0 saturated heterocycles. The first-order valence-corrected chi connectivity index (χ1v) is 5.14. The molecule has 6 heteroatoms. The third-order valence-corrected chi connectivity index (χ3v) is 2.25. The summed E-state index contributed by atoms with van der Waals surface area (Å²) in [6, 6.07) is 3.73. The van der Waals surface area contributed by atoms with E-state index in [1.807, 2.05) is 29.1 Å². The maximum atomic E-state index is 11.1. The van der Waals surface area contributed by atoms with Crippen molar-refractivity contribution in [2.45, 2.75) is 13.0 Å². The van der Waals surface area contributed by atoms with E-state index in [4.69, 9.17) is 10.3 Å². The van der Waals surface area contributed by atoms with E-state index in [2.05, 4.69) is 10.4 Å². The molecule has 0 aliphatic heterocycles. The van der Waals surface area contributed by atoms with Gasteiger partial charge >= 0.3 is 0 Å². The number of hydrogen-bond acceptors (Lipinski definition) is 4. The Balaban J connectivity index is 2.08. The Morgan fingerprint density at radius 3 is 3.18 bits per heavy atom. The van der Waals surface area contributed by atoms with Crippen molar-refractivity contribution in [2.24, 2.45) is 5.84 Å². The SMILES string of the molecule is NNC(=O)Cc1ccc[n+](Cc2ncco2)c1. The predicted octanol–water partition coefficient (Wildman–Crippen LogP) is -0.457. The Hall–Kier alpha value is -2.21. The predicted molar refractivity (Wildman–Crippen MR) is 58.3 cm³/mol. The second kappa shape index (κ2) is 5.22. The van der Waals surface area contributed by atoms with Crippen molar-refractivity contribution >= 4 is 5.91 Å². The molecule has 88 valence electrons. The molecule has 0 aromatic carbocycles. The lowest BCUT2D eigenvalue weighted by Gasteiger charge is -1.99. The topological polar surface area (TPSA) is 85.0 Å². The Morgan fingerprint density at radius 1 is 1.59 bits per heavy atom. The Kier molecular flexibility index (Phi) is 3.46. The van der Waals surface area contributed by atoms with Gasteiger partial charge in [-0.15, -0.1) is 0 Å². The first-order valence-electron chi connectivity index (χ1n) is 5.14. The highest BCUT2D eigenvalue weighted by molar-refractivity contribution is 5.77. The van der Waals surface area contributed by atoms with Crippen LogP contribution >= 0.6 is 0 Å². The molecule has 2 aromatic rings. The lowest BCUT2D eigenvalue weighted by atomic mass is 10.2. The number of pyridine rings is 1. The highest BCUT2D eigenvalue weighted by Gasteiger charge is 2.09. The number of amides is 1. The number of rotatable bonds is 4. The molecule has 17 heavy (non-hydrogen) atoms. The van der Waals surface area contributed by atoms with Gasteiger partial charge in [0, 0.05) is 11.6 Å². The minimum absolute atomic E-state index is 0.223. The minimum Gasteiger partial charge on any atom is -0.443 e. The van der Waals surface area contributed by atoms with Gasteiger partial charge in [0.2, 0.25) is 12.5 Å². The normalized spacial score (nSPS) is 10.2. The summed E-state index contributed by atoms with van der Waals surface area (Å²) in [6.07, 6.45) is 7.12. The van der Waals surface area contributed by atoms with Gasteiger partial charge in [-0.2, -0.15) is 4.57 Å². The quantitative estimate of drug-likeness (QED) is 0.324. The van der Waals surface area contributed by atoms with E-state index in [1.54, 1.807) is 6.20 Å². The summed E-state index contributed by atoms with van der Waals surface area (Å²) in [5, 5.41) is 0. The molecule has 0 spiro atoms. The molecule has 1 amide bonds.